The van der Waals surface area contributed by atoms with Crippen LogP contribution in [0.3, 0.4) is 0 Å². The number of ether oxygens (including phenoxy) is 2. The van der Waals surface area contributed by atoms with Gasteiger partial charge in [-0.05, 0) is 79.6 Å². The SMILES string of the molecule is COc1ccc(CN(C(=O)CSc2nc(C)cc(C)n2)[C@@H](C(=O)Nc2ccc(N(C)C)cc2)c2ccc(OC)cc2)cc1. The Morgan fingerprint density at radius 1 is 0.837 bits per heavy atom. The molecular weight excluding hydrogens is 562 g/mol. The van der Waals surface area contributed by atoms with E-state index in [9.17, 15) is 9.59 Å². The molecule has 0 unspecified atom stereocenters. The van der Waals surface area contributed by atoms with Crippen molar-refractivity contribution in [2.45, 2.75) is 31.6 Å². The molecule has 0 saturated heterocycles. The molecular formula is C33H37N5O4S. The first-order valence-electron chi connectivity index (χ1n) is 13.8. The Morgan fingerprint density at radius 3 is 1.93 bits per heavy atom. The van der Waals surface area contributed by atoms with E-state index in [1.54, 1.807) is 31.3 Å². The lowest BCUT2D eigenvalue weighted by Crippen LogP contribution is -2.41. The summed E-state index contributed by atoms with van der Waals surface area (Å²) in [6.45, 7) is 3.98. The molecule has 3 aromatic carbocycles. The van der Waals surface area contributed by atoms with Crippen molar-refractivity contribution in [1.82, 2.24) is 14.9 Å². The third kappa shape index (κ3) is 8.48. The maximum absolute atomic E-state index is 14.1. The summed E-state index contributed by atoms with van der Waals surface area (Å²) >= 11 is 1.25. The highest BCUT2D eigenvalue weighted by molar-refractivity contribution is 7.99. The Balaban J connectivity index is 1.70. The van der Waals surface area contributed by atoms with Gasteiger partial charge in [0.2, 0.25) is 5.91 Å². The molecule has 0 saturated carbocycles. The second-order valence-electron chi connectivity index (χ2n) is 10.2. The zero-order valence-electron chi connectivity index (χ0n) is 25.3. The summed E-state index contributed by atoms with van der Waals surface area (Å²) in [5, 5.41) is 3.54. The van der Waals surface area contributed by atoms with Gasteiger partial charge in [0.15, 0.2) is 5.16 Å². The van der Waals surface area contributed by atoms with Gasteiger partial charge in [0.25, 0.3) is 5.91 Å². The third-order valence-corrected chi connectivity index (χ3v) is 7.59. The summed E-state index contributed by atoms with van der Waals surface area (Å²) in [7, 11) is 7.10. The largest absolute Gasteiger partial charge is 0.497 e. The fraction of sp³-hybridized carbons (Fsp3) is 0.273. The van der Waals surface area contributed by atoms with E-state index in [1.165, 1.54) is 11.8 Å². The van der Waals surface area contributed by atoms with Crippen LogP contribution in [0.5, 0.6) is 11.5 Å². The fourth-order valence-corrected chi connectivity index (χ4v) is 5.37. The van der Waals surface area contributed by atoms with Gasteiger partial charge in [-0.1, -0.05) is 36.0 Å². The Kier molecular flexibility index (Phi) is 10.6. The quantitative estimate of drug-likeness (QED) is 0.164. The first-order valence-corrected chi connectivity index (χ1v) is 14.7. The van der Waals surface area contributed by atoms with Crippen LogP contribution in [0.1, 0.15) is 28.6 Å². The van der Waals surface area contributed by atoms with Gasteiger partial charge in [0, 0.05) is 43.4 Å². The average Bonchev–Trinajstić information content (AvgIpc) is 3.00. The zero-order valence-corrected chi connectivity index (χ0v) is 26.1. The van der Waals surface area contributed by atoms with Crippen molar-refractivity contribution in [3.63, 3.8) is 0 Å². The second kappa shape index (κ2) is 14.6. The Hall–Kier alpha value is -4.57. The number of carbonyl (C=O) groups excluding carboxylic acids is 2. The molecule has 1 N–H and O–H groups in total. The van der Waals surface area contributed by atoms with Gasteiger partial charge in [-0.25, -0.2) is 9.97 Å². The van der Waals surface area contributed by atoms with E-state index in [1.807, 2.05) is 99.6 Å². The lowest BCUT2D eigenvalue weighted by molar-refractivity contribution is -0.137. The van der Waals surface area contributed by atoms with Gasteiger partial charge < -0.3 is 24.6 Å². The number of thioether (sulfide) groups is 1. The Labute approximate surface area is 257 Å². The average molecular weight is 600 g/mol. The van der Waals surface area contributed by atoms with E-state index in [4.69, 9.17) is 9.47 Å². The molecule has 0 aliphatic rings. The maximum Gasteiger partial charge on any atom is 0.251 e. The number of nitrogens with one attached hydrogen (secondary N) is 1. The number of aryl methyl sites for hydroxylation is 2. The van der Waals surface area contributed by atoms with Crippen LogP contribution in [0.25, 0.3) is 0 Å². The van der Waals surface area contributed by atoms with Crippen LogP contribution >= 0.6 is 11.8 Å². The normalized spacial score (nSPS) is 11.4. The summed E-state index contributed by atoms with van der Waals surface area (Å²) in [6, 6.07) is 23.2. The third-order valence-electron chi connectivity index (χ3n) is 6.76. The van der Waals surface area contributed by atoms with Crippen molar-refractivity contribution in [3.05, 3.63) is 101 Å². The number of anilines is 2. The predicted molar refractivity (Wildman–Crippen MR) is 171 cm³/mol. The van der Waals surface area contributed by atoms with E-state index < -0.39 is 6.04 Å². The first kappa shape index (κ1) is 31.4. The van der Waals surface area contributed by atoms with Crippen molar-refractivity contribution in [2.24, 2.45) is 0 Å². The molecule has 0 bridgehead atoms. The molecule has 0 aliphatic carbocycles. The zero-order chi connectivity index (χ0) is 30.9. The molecule has 4 aromatic rings. The van der Waals surface area contributed by atoms with Crippen molar-refractivity contribution in [2.75, 3.05) is 44.3 Å². The number of carbonyl (C=O) groups is 2. The minimum atomic E-state index is -0.935. The molecule has 4 rings (SSSR count). The predicted octanol–water partition coefficient (Wildman–Crippen LogP) is 5.68. The van der Waals surface area contributed by atoms with Crippen LogP contribution in [0.15, 0.2) is 84.0 Å². The summed E-state index contributed by atoms with van der Waals surface area (Å²) in [5.41, 5.74) is 4.79. The Bertz CT molecular complexity index is 1510. The summed E-state index contributed by atoms with van der Waals surface area (Å²) in [4.78, 5) is 40.7. The molecule has 224 valence electrons. The number of aromatic nitrogens is 2. The maximum atomic E-state index is 14.1. The van der Waals surface area contributed by atoms with E-state index in [2.05, 4.69) is 15.3 Å². The summed E-state index contributed by atoms with van der Waals surface area (Å²) in [5.74, 6) is 0.837. The minimum absolute atomic E-state index is 0.0521. The van der Waals surface area contributed by atoms with E-state index in [0.717, 1.165) is 22.6 Å². The number of amides is 2. The molecule has 0 aliphatic heterocycles. The second-order valence-corrected chi connectivity index (χ2v) is 11.1. The van der Waals surface area contributed by atoms with Crippen molar-refractivity contribution >= 4 is 35.0 Å². The highest BCUT2D eigenvalue weighted by atomic mass is 32.2. The van der Waals surface area contributed by atoms with Crippen molar-refractivity contribution in [1.29, 1.82) is 0 Å². The van der Waals surface area contributed by atoms with Gasteiger partial charge in [-0.3, -0.25) is 9.59 Å². The number of rotatable bonds is 12. The van der Waals surface area contributed by atoms with Gasteiger partial charge in [-0.15, -0.1) is 0 Å². The molecule has 1 atom stereocenters. The van der Waals surface area contributed by atoms with Crippen LogP contribution in [-0.4, -0.2) is 60.8 Å². The highest BCUT2D eigenvalue weighted by Crippen LogP contribution is 2.29. The van der Waals surface area contributed by atoms with E-state index in [0.29, 0.717) is 27.9 Å². The van der Waals surface area contributed by atoms with Crippen molar-refractivity contribution in [3.8, 4) is 11.5 Å². The first-order chi connectivity index (χ1) is 20.7. The lowest BCUT2D eigenvalue weighted by atomic mass is 10.0. The molecule has 9 nitrogen and oxygen atoms in total. The molecule has 1 heterocycles. The van der Waals surface area contributed by atoms with E-state index >= 15 is 0 Å². The molecule has 1 aromatic heterocycles. The van der Waals surface area contributed by atoms with E-state index in [-0.39, 0.29) is 24.1 Å². The molecule has 0 spiro atoms. The topological polar surface area (TPSA) is 96.9 Å². The lowest BCUT2D eigenvalue weighted by Gasteiger charge is -2.32. The smallest absolute Gasteiger partial charge is 0.251 e. The van der Waals surface area contributed by atoms with Crippen LogP contribution in [0.2, 0.25) is 0 Å². The Morgan fingerprint density at radius 2 is 1.40 bits per heavy atom. The molecule has 43 heavy (non-hydrogen) atoms. The molecule has 2 amide bonds. The van der Waals surface area contributed by atoms with Crippen molar-refractivity contribution < 1.29 is 19.1 Å². The summed E-state index contributed by atoms with van der Waals surface area (Å²) < 4.78 is 10.7. The van der Waals surface area contributed by atoms with Crippen LogP contribution in [-0.2, 0) is 16.1 Å². The number of hydrogen-bond acceptors (Lipinski definition) is 8. The number of nitrogens with zero attached hydrogens (tertiary/aromatic N) is 4. The fourth-order valence-electron chi connectivity index (χ4n) is 4.53. The van der Waals surface area contributed by atoms with Gasteiger partial charge in [0.1, 0.15) is 17.5 Å². The summed E-state index contributed by atoms with van der Waals surface area (Å²) in [6.07, 6.45) is 0. The standard InChI is InChI=1S/C33H37N5O4S/c1-22-19-23(2)35-33(34-22)43-21-30(39)38(20-24-7-15-28(41-5)16-8-24)31(25-9-17-29(42-6)18-10-25)32(40)36-26-11-13-27(14-12-26)37(3)4/h7-19,31H,20-21H2,1-6H3,(H,36,40)/t31-/m1/s1. The van der Waals surface area contributed by atoms with Gasteiger partial charge in [-0.2, -0.15) is 0 Å². The van der Waals surface area contributed by atoms with Crippen LogP contribution in [0.4, 0.5) is 11.4 Å². The van der Waals surface area contributed by atoms with Gasteiger partial charge in [0.05, 0.1) is 20.0 Å². The highest BCUT2D eigenvalue weighted by Gasteiger charge is 2.32. The number of hydrogen-bond donors (Lipinski definition) is 1. The van der Waals surface area contributed by atoms with Crippen LogP contribution in [0, 0.1) is 13.8 Å². The minimum Gasteiger partial charge on any atom is -0.497 e. The number of benzene rings is 3. The number of methoxy groups -OCH3 is 2. The molecule has 0 radical (unpaired) electrons. The molecule has 0 fully saturated rings. The monoisotopic (exact) mass is 599 g/mol. The van der Waals surface area contributed by atoms with Crippen LogP contribution < -0.4 is 19.7 Å². The van der Waals surface area contributed by atoms with Gasteiger partial charge >= 0.3 is 0 Å². The molecule has 10 heteroatoms.